The molecule has 3 rings (SSSR count). The van der Waals surface area contributed by atoms with Crippen LogP contribution in [0.4, 0.5) is 5.69 Å². The quantitative estimate of drug-likeness (QED) is 0.365. The maximum absolute atomic E-state index is 13.4. The van der Waals surface area contributed by atoms with Gasteiger partial charge in [-0.25, -0.2) is 8.42 Å². The van der Waals surface area contributed by atoms with Crippen molar-refractivity contribution in [3.8, 4) is 5.75 Å². The van der Waals surface area contributed by atoms with Crippen LogP contribution in [0.5, 0.6) is 5.75 Å². The summed E-state index contributed by atoms with van der Waals surface area (Å²) >= 11 is 7.94. The Kier molecular flexibility index (Phi) is 9.27. The number of sulfonamides is 1. The van der Waals surface area contributed by atoms with Crippen LogP contribution in [0, 0.1) is 6.92 Å². The predicted molar refractivity (Wildman–Crippen MR) is 139 cm³/mol. The monoisotopic (exact) mass is 518 g/mol. The Morgan fingerprint density at radius 3 is 2.44 bits per heavy atom. The van der Waals surface area contributed by atoms with E-state index in [1.54, 1.807) is 42.1 Å². The molecule has 34 heavy (non-hydrogen) atoms. The summed E-state index contributed by atoms with van der Waals surface area (Å²) < 4.78 is 33.0. The van der Waals surface area contributed by atoms with Gasteiger partial charge in [0.1, 0.15) is 12.3 Å². The first kappa shape index (κ1) is 25.9. The number of carbonyl (C=O) groups excluding carboxylic acids is 1. The lowest BCUT2D eigenvalue weighted by Gasteiger charge is -2.24. The van der Waals surface area contributed by atoms with E-state index in [4.69, 9.17) is 16.3 Å². The predicted octanol–water partition coefficient (Wildman–Crippen LogP) is 4.90. The van der Waals surface area contributed by atoms with Crippen molar-refractivity contribution in [3.05, 3.63) is 88.9 Å². The number of halogens is 1. The maximum Gasteiger partial charge on any atom is 0.264 e. The highest BCUT2D eigenvalue weighted by Gasteiger charge is 2.27. The normalized spacial score (nSPS) is 11.1. The van der Waals surface area contributed by atoms with Gasteiger partial charge in [0.15, 0.2) is 0 Å². The van der Waals surface area contributed by atoms with Crippen LogP contribution in [0.15, 0.2) is 77.7 Å². The summed E-state index contributed by atoms with van der Waals surface area (Å²) in [5.74, 6) is 1.57. The van der Waals surface area contributed by atoms with Gasteiger partial charge in [0.25, 0.3) is 10.0 Å². The lowest BCUT2D eigenvalue weighted by molar-refractivity contribution is -0.119. The van der Waals surface area contributed by atoms with Crippen LogP contribution >= 0.6 is 23.4 Å². The summed E-state index contributed by atoms with van der Waals surface area (Å²) in [7, 11) is -2.52. The number of benzene rings is 3. The molecule has 1 N–H and O–H groups in total. The smallest absolute Gasteiger partial charge is 0.264 e. The van der Waals surface area contributed by atoms with Gasteiger partial charge in [-0.2, -0.15) is 11.8 Å². The van der Waals surface area contributed by atoms with Gasteiger partial charge in [-0.3, -0.25) is 9.10 Å². The molecule has 0 heterocycles. The molecule has 3 aromatic carbocycles. The number of nitrogens with zero attached hydrogens (tertiary/aromatic N) is 1. The number of methoxy groups -OCH3 is 1. The molecule has 0 aliphatic rings. The molecule has 9 heteroatoms. The van der Waals surface area contributed by atoms with Gasteiger partial charge in [0.2, 0.25) is 5.91 Å². The molecular weight excluding hydrogens is 492 g/mol. The van der Waals surface area contributed by atoms with Crippen LogP contribution in [-0.4, -0.2) is 40.3 Å². The van der Waals surface area contributed by atoms with Gasteiger partial charge >= 0.3 is 0 Å². The summed E-state index contributed by atoms with van der Waals surface area (Å²) in [5.41, 5.74) is 2.77. The van der Waals surface area contributed by atoms with E-state index in [9.17, 15) is 13.2 Å². The van der Waals surface area contributed by atoms with E-state index in [1.807, 2.05) is 12.1 Å². The molecule has 0 bridgehead atoms. The van der Waals surface area contributed by atoms with Crippen LogP contribution in [0.3, 0.4) is 0 Å². The summed E-state index contributed by atoms with van der Waals surface area (Å²) in [6.07, 6.45) is 0. The van der Waals surface area contributed by atoms with E-state index >= 15 is 0 Å². The van der Waals surface area contributed by atoms with Gasteiger partial charge in [-0.1, -0.05) is 54.1 Å². The van der Waals surface area contributed by atoms with Gasteiger partial charge in [0, 0.05) is 18.1 Å². The lowest BCUT2D eigenvalue weighted by Crippen LogP contribution is -2.41. The fraction of sp³-hybridized carbons (Fsp3) is 0.240. The second kappa shape index (κ2) is 12.1. The highest BCUT2D eigenvalue weighted by Crippen LogP contribution is 2.31. The number of carbonyl (C=O) groups is 1. The number of amides is 1. The molecule has 0 unspecified atom stereocenters. The molecule has 3 aromatic rings. The van der Waals surface area contributed by atoms with Gasteiger partial charge in [0.05, 0.1) is 22.7 Å². The number of hydrogen-bond acceptors (Lipinski definition) is 5. The van der Waals surface area contributed by atoms with Crippen LogP contribution in [0.2, 0.25) is 5.02 Å². The molecule has 0 aliphatic heterocycles. The summed E-state index contributed by atoms with van der Waals surface area (Å²) in [6, 6.07) is 20.8. The molecule has 0 saturated carbocycles. The molecule has 0 atom stereocenters. The van der Waals surface area contributed by atoms with Gasteiger partial charge in [-0.15, -0.1) is 0 Å². The highest BCUT2D eigenvalue weighted by atomic mass is 35.5. The van der Waals surface area contributed by atoms with Crippen molar-refractivity contribution in [3.63, 3.8) is 0 Å². The van der Waals surface area contributed by atoms with E-state index in [1.165, 1.54) is 36.4 Å². The van der Waals surface area contributed by atoms with Gasteiger partial charge in [-0.05, 0) is 48.4 Å². The van der Waals surface area contributed by atoms with Crippen molar-refractivity contribution < 1.29 is 17.9 Å². The van der Waals surface area contributed by atoms with Crippen LogP contribution in [-0.2, 0) is 20.6 Å². The molecule has 6 nitrogen and oxygen atoms in total. The molecule has 180 valence electrons. The van der Waals surface area contributed by atoms with E-state index in [0.29, 0.717) is 18.0 Å². The van der Waals surface area contributed by atoms with Crippen LogP contribution < -0.4 is 14.4 Å². The molecule has 0 saturated heterocycles. The Morgan fingerprint density at radius 2 is 1.76 bits per heavy atom. The maximum atomic E-state index is 13.4. The second-order valence-electron chi connectivity index (χ2n) is 7.47. The van der Waals surface area contributed by atoms with Crippen molar-refractivity contribution in [1.29, 1.82) is 0 Å². The van der Waals surface area contributed by atoms with E-state index in [0.717, 1.165) is 10.1 Å². The van der Waals surface area contributed by atoms with Crippen molar-refractivity contribution in [2.75, 3.05) is 30.3 Å². The Hall–Kier alpha value is -2.68. The zero-order valence-electron chi connectivity index (χ0n) is 19.0. The van der Waals surface area contributed by atoms with Crippen molar-refractivity contribution in [2.45, 2.75) is 17.6 Å². The molecule has 0 fully saturated rings. The number of hydrogen-bond donors (Lipinski definition) is 1. The number of thioether (sulfide) groups is 1. The number of nitrogens with one attached hydrogen (secondary N) is 1. The average Bonchev–Trinajstić information content (AvgIpc) is 2.84. The summed E-state index contributed by atoms with van der Waals surface area (Å²) in [4.78, 5) is 12.8. The number of aryl methyl sites for hydroxylation is 1. The third-order valence-corrected chi connectivity index (χ3v) is 8.22. The zero-order valence-corrected chi connectivity index (χ0v) is 21.4. The minimum Gasteiger partial charge on any atom is -0.495 e. The first-order valence-electron chi connectivity index (χ1n) is 10.6. The standard InChI is InChI=1S/C25H27ClN2O4S2/c1-19-8-6-7-9-20(19)18-33-15-14-27-25(29)17-28(21-12-13-24(32-2)23(26)16-21)34(30,31)22-10-4-3-5-11-22/h3-13,16H,14-15,17-18H2,1-2H3,(H,27,29). The second-order valence-corrected chi connectivity index (χ2v) is 10.8. The minimum atomic E-state index is -3.99. The van der Waals surface area contributed by atoms with E-state index < -0.39 is 15.9 Å². The van der Waals surface area contributed by atoms with Crippen LogP contribution in [0.1, 0.15) is 11.1 Å². The molecule has 0 radical (unpaired) electrons. The Labute approximate surface area is 210 Å². The Balaban J connectivity index is 1.68. The van der Waals surface area contributed by atoms with Crippen molar-refractivity contribution >= 4 is 45.0 Å². The Bertz CT molecular complexity index is 1220. The zero-order chi connectivity index (χ0) is 24.6. The number of anilines is 1. The molecular formula is C25H27ClN2O4S2. The average molecular weight is 519 g/mol. The summed E-state index contributed by atoms with van der Waals surface area (Å²) in [6.45, 7) is 2.13. The molecule has 0 aliphatic carbocycles. The van der Waals surface area contributed by atoms with E-state index in [-0.39, 0.29) is 22.2 Å². The first-order valence-corrected chi connectivity index (χ1v) is 13.6. The van der Waals surface area contributed by atoms with Crippen molar-refractivity contribution in [1.82, 2.24) is 5.32 Å². The van der Waals surface area contributed by atoms with E-state index in [2.05, 4.69) is 24.4 Å². The largest absolute Gasteiger partial charge is 0.495 e. The molecule has 0 spiro atoms. The molecule has 0 aromatic heterocycles. The third kappa shape index (κ3) is 6.68. The fourth-order valence-electron chi connectivity index (χ4n) is 3.25. The number of ether oxygens (including phenoxy) is 1. The lowest BCUT2D eigenvalue weighted by atomic mass is 10.1. The van der Waals surface area contributed by atoms with Crippen LogP contribution in [0.25, 0.3) is 0 Å². The topological polar surface area (TPSA) is 75.7 Å². The highest BCUT2D eigenvalue weighted by molar-refractivity contribution is 7.98. The SMILES string of the molecule is COc1ccc(N(CC(=O)NCCSCc2ccccc2C)S(=O)(=O)c2ccccc2)cc1Cl. The van der Waals surface area contributed by atoms with Crippen molar-refractivity contribution in [2.24, 2.45) is 0 Å². The number of rotatable bonds is 11. The fourth-order valence-corrected chi connectivity index (χ4v) is 5.87. The summed E-state index contributed by atoms with van der Waals surface area (Å²) in [5, 5.41) is 3.07. The third-order valence-electron chi connectivity index (χ3n) is 5.13. The van der Waals surface area contributed by atoms with Gasteiger partial charge < -0.3 is 10.1 Å². The minimum absolute atomic E-state index is 0.0866. The Morgan fingerprint density at radius 1 is 1.06 bits per heavy atom. The first-order chi connectivity index (χ1) is 16.3. The molecule has 1 amide bonds.